The smallest absolute Gasteiger partial charge is 0.259 e. The van der Waals surface area contributed by atoms with E-state index in [9.17, 15) is 13.2 Å². The van der Waals surface area contributed by atoms with Crippen LogP contribution in [0.5, 0.6) is 0 Å². The fourth-order valence-corrected chi connectivity index (χ4v) is 5.87. The first-order valence-electron chi connectivity index (χ1n) is 9.87. The Hall–Kier alpha value is -2.19. The van der Waals surface area contributed by atoms with Gasteiger partial charge in [0.25, 0.3) is 5.91 Å². The first-order chi connectivity index (χ1) is 13.5. The van der Waals surface area contributed by atoms with E-state index in [1.54, 1.807) is 11.8 Å². The Labute approximate surface area is 172 Å². The molecule has 158 valence electrons. The molecule has 0 atom stereocenters. The van der Waals surface area contributed by atoms with Gasteiger partial charge in [0.15, 0.2) is 5.76 Å². The van der Waals surface area contributed by atoms with E-state index >= 15 is 0 Å². The van der Waals surface area contributed by atoms with Gasteiger partial charge in [-0.3, -0.25) is 4.79 Å². The predicted molar refractivity (Wildman–Crippen MR) is 111 cm³/mol. The van der Waals surface area contributed by atoms with Crippen molar-refractivity contribution in [3.05, 3.63) is 45.8 Å². The van der Waals surface area contributed by atoms with Crippen molar-refractivity contribution in [2.75, 3.05) is 26.2 Å². The Bertz CT molecular complexity index is 1010. The summed E-state index contributed by atoms with van der Waals surface area (Å²) in [7, 11) is -3.61. The molecule has 7 nitrogen and oxygen atoms in total. The van der Waals surface area contributed by atoms with E-state index in [2.05, 4.69) is 5.16 Å². The number of hydrogen-bond acceptors (Lipinski definition) is 5. The van der Waals surface area contributed by atoms with Crippen LogP contribution < -0.4 is 0 Å². The molecule has 1 aromatic heterocycles. The number of nitrogens with zero attached hydrogens (tertiary/aromatic N) is 3. The second-order valence-corrected chi connectivity index (χ2v) is 9.96. The van der Waals surface area contributed by atoms with Crippen molar-refractivity contribution < 1.29 is 17.7 Å². The van der Waals surface area contributed by atoms with Gasteiger partial charge in [0.2, 0.25) is 10.0 Å². The van der Waals surface area contributed by atoms with Gasteiger partial charge in [0.1, 0.15) is 5.56 Å². The van der Waals surface area contributed by atoms with Crippen molar-refractivity contribution in [3.63, 3.8) is 0 Å². The Balaban J connectivity index is 1.79. The molecular formula is C21H29N3O4S. The quantitative estimate of drug-likeness (QED) is 0.760. The lowest BCUT2D eigenvalue weighted by molar-refractivity contribution is 0.0694. The van der Waals surface area contributed by atoms with Crippen LogP contribution >= 0.6 is 0 Å². The minimum Gasteiger partial charge on any atom is -0.360 e. The zero-order valence-electron chi connectivity index (χ0n) is 17.9. The summed E-state index contributed by atoms with van der Waals surface area (Å²) in [5.41, 5.74) is 3.62. The lowest BCUT2D eigenvalue weighted by Gasteiger charge is -2.34. The molecule has 1 aromatic carbocycles. The monoisotopic (exact) mass is 419 g/mol. The fraction of sp³-hybridized carbons (Fsp3) is 0.524. The summed E-state index contributed by atoms with van der Waals surface area (Å²) in [6.45, 7) is 12.5. The number of carbonyl (C=O) groups excluding carboxylic acids is 1. The highest BCUT2D eigenvalue weighted by atomic mass is 32.2. The highest BCUT2D eigenvalue weighted by Gasteiger charge is 2.34. The van der Waals surface area contributed by atoms with Gasteiger partial charge >= 0.3 is 0 Å². The molecule has 1 saturated heterocycles. The summed E-state index contributed by atoms with van der Waals surface area (Å²) in [4.78, 5) is 15.1. The van der Waals surface area contributed by atoms with E-state index in [4.69, 9.17) is 4.52 Å². The number of aromatic nitrogens is 1. The standard InChI is InChI=1S/C21H29N3O4S/c1-13(2)19-18(17(6)22-28-19)21(25)23-7-9-24(10-8-23)29(26,27)20-15(4)11-14(3)12-16(20)5/h11-13H,7-10H2,1-6H3. The molecule has 0 aliphatic carbocycles. The molecule has 2 heterocycles. The number of aryl methyl sites for hydroxylation is 4. The van der Waals surface area contributed by atoms with Crippen LogP contribution in [-0.4, -0.2) is 54.9 Å². The Morgan fingerprint density at radius 2 is 1.59 bits per heavy atom. The number of amides is 1. The molecule has 1 fully saturated rings. The van der Waals surface area contributed by atoms with Gasteiger partial charge in [0.05, 0.1) is 10.6 Å². The molecule has 0 unspecified atom stereocenters. The lowest BCUT2D eigenvalue weighted by atomic mass is 10.0. The highest BCUT2D eigenvalue weighted by Crippen LogP contribution is 2.27. The van der Waals surface area contributed by atoms with Crippen LogP contribution in [0, 0.1) is 27.7 Å². The molecule has 0 radical (unpaired) electrons. The second-order valence-electron chi connectivity index (χ2n) is 8.09. The zero-order valence-corrected chi connectivity index (χ0v) is 18.8. The molecule has 29 heavy (non-hydrogen) atoms. The van der Waals surface area contributed by atoms with Crippen LogP contribution in [-0.2, 0) is 10.0 Å². The summed E-state index contributed by atoms with van der Waals surface area (Å²) in [6, 6.07) is 3.78. The van der Waals surface area contributed by atoms with Crippen molar-refractivity contribution >= 4 is 15.9 Å². The van der Waals surface area contributed by atoms with Gasteiger partial charge in [-0.25, -0.2) is 8.42 Å². The number of carbonyl (C=O) groups is 1. The lowest BCUT2D eigenvalue weighted by Crippen LogP contribution is -2.50. The van der Waals surface area contributed by atoms with Crippen LogP contribution in [0.4, 0.5) is 0 Å². The number of benzene rings is 1. The third kappa shape index (κ3) is 3.96. The van der Waals surface area contributed by atoms with E-state index in [1.807, 2.05) is 46.8 Å². The van der Waals surface area contributed by atoms with Crippen LogP contribution in [0.3, 0.4) is 0 Å². The van der Waals surface area contributed by atoms with Crippen LogP contribution in [0.15, 0.2) is 21.6 Å². The molecular weight excluding hydrogens is 390 g/mol. The summed E-state index contributed by atoms with van der Waals surface area (Å²) in [5.74, 6) is 0.477. The van der Waals surface area contributed by atoms with E-state index in [1.165, 1.54) is 4.31 Å². The summed E-state index contributed by atoms with van der Waals surface area (Å²) >= 11 is 0. The van der Waals surface area contributed by atoms with Crippen LogP contribution in [0.1, 0.15) is 58.3 Å². The zero-order chi connectivity index (χ0) is 21.5. The molecule has 8 heteroatoms. The van der Waals surface area contributed by atoms with Crippen molar-refractivity contribution in [1.82, 2.24) is 14.4 Å². The van der Waals surface area contributed by atoms with Gasteiger partial charge in [-0.15, -0.1) is 0 Å². The third-order valence-electron chi connectivity index (χ3n) is 5.36. The minimum atomic E-state index is -3.61. The molecule has 1 aliphatic rings. The summed E-state index contributed by atoms with van der Waals surface area (Å²) < 4.78 is 33.3. The van der Waals surface area contributed by atoms with Crippen molar-refractivity contribution in [3.8, 4) is 0 Å². The average Bonchev–Trinajstić information content (AvgIpc) is 3.02. The predicted octanol–water partition coefficient (Wildman–Crippen LogP) is 3.18. The molecule has 1 amide bonds. The van der Waals surface area contributed by atoms with Crippen LogP contribution in [0.25, 0.3) is 0 Å². The molecule has 1 aliphatic heterocycles. The van der Waals surface area contributed by atoms with E-state index in [-0.39, 0.29) is 24.9 Å². The average molecular weight is 420 g/mol. The highest BCUT2D eigenvalue weighted by molar-refractivity contribution is 7.89. The molecule has 3 rings (SSSR count). The molecule has 2 aromatic rings. The van der Waals surface area contributed by atoms with Crippen molar-refractivity contribution in [2.24, 2.45) is 0 Å². The number of sulfonamides is 1. The minimum absolute atomic E-state index is 0.0457. The van der Waals surface area contributed by atoms with E-state index in [0.29, 0.717) is 35.0 Å². The maximum absolute atomic E-state index is 13.2. The number of hydrogen-bond donors (Lipinski definition) is 0. The van der Waals surface area contributed by atoms with Gasteiger partial charge in [-0.05, 0) is 38.8 Å². The van der Waals surface area contributed by atoms with Gasteiger partial charge < -0.3 is 9.42 Å². The van der Waals surface area contributed by atoms with Gasteiger partial charge in [-0.1, -0.05) is 36.7 Å². The maximum Gasteiger partial charge on any atom is 0.259 e. The summed E-state index contributed by atoms with van der Waals surface area (Å²) in [6.07, 6.45) is 0. The first kappa shape index (κ1) is 21.5. The van der Waals surface area contributed by atoms with E-state index in [0.717, 1.165) is 16.7 Å². The largest absolute Gasteiger partial charge is 0.360 e. The Morgan fingerprint density at radius 1 is 1.03 bits per heavy atom. The first-order valence-corrected chi connectivity index (χ1v) is 11.3. The second kappa shape index (κ2) is 7.91. The topological polar surface area (TPSA) is 83.7 Å². The molecule has 0 spiro atoms. The van der Waals surface area contributed by atoms with Crippen molar-refractivity contribution in [2.45, 2.75) is 52.4 Å². The van der Waals surface area contributed by atoms with Crippen molar-refractivity contribution in [1.29, 1.82) is 0 Å². The Morgan fingerprint density at radius 3 is 2.10 bits per heavy atom. The number of rotatable bonds is 4. The SMILES string of the molecule is Cc1cc(C)c(S(=O)(=O)N2CCN(C(=O)c3c(C)noc3C(C)C)CC2)c(C)c1. The molecule has 0 bridgehead atoms. The summed E-state index contributed by atoms with van der Waals surface area (Å²) in [5, 5.41) is 3.95. The van der Waals surface area contributed by atoms with Gasteiger partial charge in [0, 0.05) is 32.1 Å². The fourth-order valence-electron chi connectivity index (χ4n) is 4.03. The Kier molecular flexibility index (Phi) is 5.87. The van der Waals surface area contributed by atoms with E-state index < -0.39 is 10.0 Å². The number of piperazine rings is 1. The maximum atomic E-state index is 13.2. The normalized spacial score (nSPS) is 15.9. The third-order valence-corrected chi connectivity index (χ3v) is 7.56. The van der Waals surface area contributed by atoms with Gasteiger partial charge in [-0.2, -0.15) is 4.31 Å². The van der Waals surface area contributed by atoms with Crippen LogP contribution in [0.2, 0.25) is 0 Å². The molecule has 0 saturated carbocycles. The molecule has 0 N–H and O–H groups in total.